The summed E-state index contributed by atoms with van der Waals surface area (Å²) in [5, 5.41) is 9.30. The SMILES string of the molecule is CCC(C(=O)O)N(C)C1CCOC2(CCSCC2)C1. The molecule has 2 atom stereocenters. The van der Waals surface area contributed by atoms with Gasteiger partial charge in [0.1, 0.15) is 6.04 Å². The van der Waals surface area contributed by atoms with E-state index in [2.05, 4.69) is 4.90 Å². The van der Waals surface area contributed by atoms with E-state index in [1.165, 1.54) is 11.5 Å². The molecule has 0 amide bonds. The number of nitrogens with zero attached hydrogens (tertiary/aromatic N) is 1. The van der Waals surface area contributed by atoms with Crippen LogP contribution in [0.15, 0.2) is 0 Å². The average molecular weight is 287 g/mol. The van der Waals surface area contributed by atoms with Crippen molar-refractivity contribution in [1.82, 2.24) is 4.90 Å². The number of carboxylic acid groups (broad SMARTS) is 1. The Balaban J connectivity index is 2.01. The molecule has 0 aliphatic carbocycles. The maximum atomic E-state index is 11.3. The Morgan fingerprint density at radius 1 is 1.53 bits per heavy atom. The summed E-state index contributed by atoms with van der Waals surface area (Å²) in [4.78, 5) is 13.4. The molecule has 4 nitrogen and oxygen atoms in total. The molecule has 2 heterocycles. The van der Waals surface area contributed by atoms with Crippen LogP contribution in [0.5, 0.6) is 0 Å². The minimum atomic E-state index is -0.704. The maximum Gasteiger partial charge on any atom is 0.320 e. The van der Waals surface area contributed by atoms with Gasteiger partial charge in [0.2, 0.25) is 0 Å². The first kappa shape index (κ1) is 15.1. The molecule has 110 valence electrons. The maximum absolute atomic E-state index is 11.3. The van der Waals surface area contributed by atoms with Crippen molar-refractivity contribution < 1.29 is 14.6 Å². The van der Waals surface area contributed by atoms with E-state index < -0.39 is 5.97 Å². The van der Waals surface area contributed by atoms with E-state index >= 15 is 0 Å². The van der Waals surface area contributed by atoms with Gasteiger partial charge in [-0.05, 0) is 50.7 Å². The van der Waals surface area contributed by atoms with Gasteiger partial charge in [-0.3, -0.25) is 9.69 Å². The standard InChI is InChI=1S/C14H25NO3S/c1-3-12(13(16)17)15(2)11-4-7-18-14(10-11)5-8-19-9-6-14/h11-12H,3-10H2,1-2H3,(H,16,17). The Hall–Kier alpha value is -0.260. The number of hydrogen-bond acceptors (Lipinski definition) is 4. The highest BCUT2D eigenvalue weighted by Gasteiger charge is 2.41. The lowest BCUT2D eigenvalue weighted by Gasteiger charge is -2.46. The smallest absolute Gasteiger partial charge is 0.320 e. The number of aliphatic carboxylic acids is 1. The Bertz CT molecular complexity index is 312. The topological polar surface area (TPSA) is 49.8 Å². The summed E-state index contributed by atoms with van der Waals surface area (Å²) < 4.78 is 6.07. The Labute approximate surface area is 119 Å². The van der Waals surface area contributed by atoms with Crippen LogP contribution in [0.4, 0.5) is 0 Å². The molecule has 5 heteroatoms. The van der Waals surface area contributed by atoms with Crippen molar-refractivity contribution in [2.24, 2.45) is 0 Å². The number of hydrogen-bond donors (Lipinski definition) is 1. The van der Waals surface area contributed by atoms with Crippen molar-refractivity contribution in [3.63, 3.8) is 0 Å². The quantitative estimate of drug-likeness (QED) is 0.859. The molecule has 2 aliphatic rings. The van der Waals surface area contributed by atoms with Crippen molar-refractivity contribution in [2.45, 2.75) is 56.7 Å². The van der Waals surface area contributed by atoms with Gasteiger partial charge in [-0.1, -0.05) is 6.92 Å². The van der Waals surface area contributed by atoms with Crippen LogP contribution in [-0.2, 0) is 9.53 Å². The van der Waals surface area contributed by atoms with Crippen LogP contribution >= 0.6 is 11.8 Å². The lowest BCUT2D eigenvalue weighted by Crippen LogP contribution is -2.53. The summed E-state index contributed by atoms with van der Waals surface area (Å²) in [5.74, 6) is 1.64. The van der Waals surface area contributed by atoms with Crippen LogP contribution in [0.1, 0.15) is 39.0 Å². The van der Waals surface area contributed by atoms with Gasteiger partial charge in [0.05, 0.1) is 5.60 Å². The fourth-order valence-corrected chi connectivity index (χ4v) is 4.57. The van der Waals surface area contributed by atoms with Crippen LogP contribution in [-0.4, -0.2) is 58.8 Å². The molecule has 0 bridgehead atoms. The number of thioether (sulfide) groups is 1. The highest BCUT2D eigenvalue weighted by molar-refractivity contribution is 7.99. The van der Waals surface area contributed by atoms with E-state index in [9.17, 15) is 9.90 Å². The molecule has 19 heavy (non-hydrogen) atoms. The lowest BCUT2D eigenvalue weighted by atomic mass is 9.84. The summed E-state index contributed by atoms with van der Waals surface area (Å²) in [7, 11) is 1.96. The zero-order valence-corrected chi connectivity index (χ0v) is 12.7. The molecule has 0 aromatic carbocycles. The largest absolute Gasteiger partial charge is 0.480 e. The van der Waals surface area contributed by atoms with E-state index in [0.29, 0.717) is 12.5 Å². The van der Waals surface area contributed by atoms with Gasteiger partial charge >= 0.3 is 5.97 Å². The second-order valence-corrected chi connectivity index (χ2v) is 6.94. The zero-order valence-electron chi connectivity index (χ0n) is 11.9. The fourth-order valence-electron chi connectivity index (χ4n) is 3.33. The Kier molecular flexibility index (Phi) is 5.15. The molecule has 1 N–H and O–H groups in total. The molecule has 1 spiro atoms. The average Bonchev–Trinajstić information content (AvgIpc) is 2.40. The number of carboxylic acids is 1. The van der Waals surface area contributed by atoms with Crippen molar-refractivity contribution >= 4 is 17.7 Å². The van der Waals surface area contributed by atoms with Crippen LogP contribution < -0.4 is 0 Å². The summed E-state index contributed by atoms with van der Waals surface area (Å²) in [6.45, 7) is 2.72. The van der Waals surface area contributed by atoms with E-state index in [1.807, 2.05) is 25.7 Å². The minimum Gasteiger partial charge on any atom is -0.480 e. The summed E-state index contributed by atoms with van der Waals surface area (Å²) >= 11 is 2.00. The molecular weight excluding hydrogens is 262 g/mol. The van der Waals surface area contributed by atoms with Crippen LogP contribution in [0.3, 0.4) is 0 Å². The second-order valence-electron chi connectivity index (χ2n) is 5.72. The van der Waals surface area contributed by atoms with Crippen molar-refractivity contribution in [3.8, 4) is 0 Å². The zero-order chi connectivity index (χ0) is 13.9. The van der Waals surface area contributed by atoms with Gasteiger partial charge in [0, 0.05) is 12.6 Å². The number of rotatable bonds is 4. The van der Waals surface area contributed by atoms with Gasteiger partial charge in [0.25, 0.3) is 0 Å². The Morgan fingerprint density at radius 3 is 2.79 bits per heavy atom. The van der Waals surface area contributed by atoms with Crippen LogP contribution in [0, 0.1) is 0 Å². The van der Waals surface area contributed by atoms with E-state index in [1.54, 1.807) is 0 Å². The van der Waals surface area contributed by atoms with Crippen molar-refractivity contribution in [2.75, 3.05) is 25.2 Å². The first-order valence-electron chi connectivity index (χ1n) is 7.24. The minimum absolute atomic E-state index is 0.0270. The van der Waals surface area contributed by atoms with Crippen LogP contribution in [0.2, 0.25) is 0 Å². The molecule has 0 aromatic rings. The second kappa shape index (κ2) is 6.46. The Morgan fingerprint density at radius 2 is 2.21 bits per heavy atom. The monoisotopic (exact) mass is 287 g/mol. The highest BCUT2D eigenvalue weighted by Crippen LogP contribution is 2.39. The summed E-state index contributed by atoms with van der Waals surface area (Å²) in [6, 6.07) is -0.0176. The molecule has 0 saturated carbocycles. The first-order valence-corrected chi connectivity index (χ1v) is 8.40. The normalized spacial score (nSPS) is 28.5. The van der Waals surface area contributed by atoms with Crippen molar-refractivity contribution in [1.29, 1.82) is 0 Å². The summed E-state index contributed by atoms with van der Waals surface area (Å²) in [6.07, 6.45) is 4.84. The third-order valence-corrected chi connectivity index (χ3v) is 5.60. The van der Waals surface area contributed by atoms with E-state index in [-0.39, 0.29) is 11.6 Å². The van der Waals surface area contributed by atoms with E-state index in [0.717, 1.165) is 32.3 Å². The predicted octanol–water partition coefficient (Wildman–Crippen LogP) is 2.23. The molecule has 0 radical (unpaired) electrons. The molecule has 2 saturated heterocycles. The molecule has 0 aromatic heterocycles. The molecule has 2 fully saturated rings. The molecule has 2 unspecified atom stereocenters. The molecule has 2 rings (SSSR count). The van der Waals surface area contributed by atoms with Crippen LogP contribution in [0.25, 0.3) is 0 Å². The van der Waals surface area contributed by atoms with Gasteiger partial charge in [-0.25, -0.2) is 0 Å². The fraction of sp³-hybridized carbons (Fsp3) is 0.929. The third kappa shape index (κ3) is 3.44. The van der Waals surface area contributed by atoms with Crippen molar-refractivity contribution in [3.05, 3.63) is 0 Å². The number of likely N-dealkylation sites (N-methyl/N-ethyl adjacent to an activating group) is 1. The van der Waals surface area contributed by atoms with Gasteiger partial charge in [0.15, 0.2) is 0 Å². The predicted molar refractivity (Wildman–Crippen MR) is 77.7 cm³/mol. The molecule has 2 aliphatic heterocycles. The molecular formula is C14H25NO3S. The third-order valence-electron chi connectivity index (χ3n) is 4.61. The highest BCUT2D eigenvalue weighted by atomic mass is 32.2. The van der Waals surface area contributed by atoms with Gasteiger partial charge in [-0.15, -0.1) is 0 Å². The first-order chi connectivity index (χ1) is 9.08. The van der Waals surface area contributed by atoms with E-state index in [4.69, 9.17) is 4.74 Å². The number of ether oxygens (including phenoxy) is 1. The number of carbonyl (C=O) groups is 1. The van der Waals surface area contributed by atoms with Gasteiger partial charge in [-0.2, -0.15) is 11.8 Å². The lowest BCUT2D eigenvalue weighted by molar-refractivity contribution is -0.148. The summed E-state index contributed by atoms with van der Waals surface area (Å²) in [5.41, 5.74) is 0.0270. The van der Waals surface area contributed by atoms with Gasteiger partial charge < -0.3 is 9.84 Å².